The number of esters is 2. The number of hydrogen-bond donors (Lipinski definition) is 0. The highest BCUT2D eigenvalue weighted by Crippen LogP contribution is 2.38. The number of allylic oxidation sites excluding steroid dienone is 5. The molecule has 0 aromatic heterocycles. The van der Waals surface area contributed by atoms with E-state index in [0.717, 1.165) is 24.8 Å². The van der Waals surface area contributed by atoms with E-state index in [4.69, 9.17) is 9.47 Å². The maximum Gasteiger partial charge on any atom is 0.345 e. The zero-order valence-electron chi connectivity index (χ0n) is 13.6. The van der Waals surface area contributed by atoms with Crippen LogP contribution >= 0.6 is 0 Å². The molecular weight excluding hydrogens is 280 g/mol. The second-order valence-corrected chi connectivity index (χ2v) is 5.75. The smallest absolute Gasteiger partial charge is 0.345 e. The van der Waals surface area contributed by atoms with E-state index in [9.17, 15) is 9.59 Å². The van der Waals surface area contributed by atoms with Crippen molar-refractivity contribution in [2.75, 3.05) is 13.2 Å². The van der Waals surface area contributed by atoms with Crippen molar-refractivity contribution in [1.29, 1.82) is 0 Å². The minimum absolute atomic E-state index is 0.0614. The highest BCUT2D eigenvalue weighted by atomic mass is 16.6. The summed E-state index contributed by atoms with van der Waals surface area (Å²) in [4.78, 5) is 24.3. The number of carbonyl (C=O) groups excluding carboxylic acids is 2. The summed E-state index contributed by atoms with van der Waals surface area (Å²) in [5.41, 5.74) is 3.37. The summed E-state index contributed by atoms with van der Waals surface area (Å²) >= 11 is 0. The SMILES string of the molecule is CCOC(=O)C(C(=O)OCC)=C1C=C2C=C(C)CCC2CC1. The van der Waals surface area contributed by atoms with Gasteiger partial charge in [-0.15, -0.1) is 0 Å². The zero-order chi connectivity index (χ0) is 16.1. The van der Waals surface area contributed by atoms with Crippen LogP contribution in [0.3, 0.4) is 0 Å². The molecule has 4 heteroatoms. The number of ether oxygens (including phenoxy) is 2. The van der Waals surface area contributed by atoms with Crippen molar-refractivity contribution < 1.29 is 19.1 Å². The summed E-state index contributed by atoms with van der Waals surface area (Å²) in [6.07, 6.45) is 8.13. The van der Waals surface area contributed by atoms with Crippen LogP contribution in [-0.2, 0) is 19.1 Å². The molecule has 0 heterocycles. The molecule has 0 aliphatic heterocycles. The fourth-order valence-corrected chi connectivity index (χ4v) is 3.07. The second-order valence-electron chi connectivity index (χ2n) is 5.75. The Morgan fingerprint density at radius 1 is 1.05 bits per heavy atom. The molecule has 4 nitrogen and oxygen atoms in total. The van der Waals surface area contributed by atoms with Crippen LogP contribution in [0, 0.1) is 5.92 Å². The summed E-state index contributed by atoms with van der Waals surface area (Å²) in [5.74, 6) is -0.622. The van der Waals surface area contributed by atoms with Gasteiger partial charge in [0.05, 0.1) is 13.2 Å². The number of fused-ring (bicyclic) bond motifs is 1. The van der Waals surface area contributed by atoms with Gasteiger partial charge < -0.3 is 9.47 Å². The fraction of sp³-hybridized carbons (Fsp3) is 0.556. The molecule has 0 bridgehead atoms. The summed E-state index contributed by atoms with van der Waals surface area (Å²) < 4.78 is 10.1. The topological polar surface area (TPSA) is 52.6 Å². The molecule has 0 aromatic carbocycles. The quantitative estimate of drug-likeness (QED) is 0.345. The summed E-state index contributed by atoms with van der Waals surface area (Å²) in [7, 11) is 0. The van der Waals surface area contributed by atoms with Crippen molar-refractivity contribution in [3.05, 3.63) is 34.4 Å². The average molecular weight is 304 g/mol. The van der Waals surface area contributed by atoms with Crippen molar-refractivity contribution in [3.8, 4) is 0 Å². The van der Waals surface area contributed by atoms with Crippen molar-refractivity contribution in [1.82, 2.24) is 0 Å². The summed E-state index contributed by atoms with van der Waals surface area (Å²) in [6.45, 7) is 6.06. The Morgan fingerprint density at radius 2 is 1.64 bits per heavy atom. The normalized spacial score (nSPS) is 20.5. The summed E-state index contributed by atoms with van der Waals surface area (Å²) in [6, 6.07) is 0. The maximum absolute atomic E-state index is 12.2. The van der Waals surface area contributed by atoms with E-state index in [2.05, 4.69) is 13.0 Å². The highest BCUT2D eigenvalue weighted by Gasteiger charge is 2.29. The first-order valence-corrected chi connectivity index (χ1v) is 8.03. The maximum atomic E-state index is 12.2. The van der Waals surface area contributed by atoms with Crippen LogP contribution in [-0.4, -0.2) is 25.2 Å². The Morgan fingerprint density at radius 3 is 2.23 bits per heavy atom. The molecule has 0 aromatic rings. The van der Waals surface area contributed by atoms with Crippen LogP contribution < -0.4 is 0 Å². The lowest BCUT2D eigenvalue weighted by Crippen LogP contribution is -2.22. The van der Waals surface area contributed by atoms with Gasteiger partial charge in [0.25, 0.3) is 0 Å². The van der Waals surface area contributed by atoms with Crippen LogP contribution in [0.2, 0.25) is 0 Å². The fourth-order valence-electron chi connectivity index (χ4n) is 3.07. The van der Waals surface area contributed by atoms with Gasteiger partial charge in [-0.2, -0.15) is 0 Å². The number of rotatable bonds is 4. The van der Waals surface area contributed by atoms with Gasteiger partial charge >= 0.3 is 11.9 Å². The first kappa shape index (κ1) is 16.5. The largest absolute Gasteiger partial charge is 0.462 e. The van der Waals surface area contributed by atoms with Gasteiger partial charge in [-0.3, -0.25) is 0 Å². The van der Waals surface area contributed by atoms with E-state index in [1.54, 1.807) is 13.8 Å². The van der Waals surface area contributed by atoms with Gasteiger partial charge in [0.1, 0.15) is 5.57 Å². The van der Waals surface area contributed by atoms with Crippen LogP contribution in [0.25, 0.3) is 0 Å². The molecular formula is C18H24O4. The van der Waals surface area contributed by atoms with E-state index in [-0.39, 0.29) is 18.8 Å². The Bertz CT molecular complexity index is 531. The molecule has 2 aliphatic rings. The second kappa shape index (κ2) is 7.43. The van der Waals surface area contributed by atoms with Gasteiger partial charge in [0.2, 0.25) is 0 Å². The van der Waals surface area contributed by atoms with Gasteiger partial charge in [-0.05, 0) is 63.5 Å². The molecule has 2 aliphatic carbocycles. The van der Waals surface area contributed by atoms with Gasteiger partial charge in [0.15, 0.2) is 0 Å². The molecule has 0 N–H and O–H groups in total. The predicted octanol–water partition coefficient (Wildman–Crippen LogP) is 3.49. The first-order chi connectivity index (χ1) is 10.6. The van der Waals surface area contributed by atoms with Crippen molar-refractivity contribution >= 4 is 11.9 Å². The monoisotopic (exact) mass is 304 g/mol. The Balaban J connectivity index is 2.41. The van der Waals surface area contributed by atoms with Crippen molar-refractivity contribution in [2.24, 2.45) is 5.92 Å². The van der Waals surface area contributed by atoms with E-state index >= 15 is 0 Å². The summed E-state index contributed by atoms with van der Waals surface area (Å²) in [5, 5.41) is 0. The molecule has 0 spiro atoms. The van der Waals surface area contributed by atoms with E-state index in [0.29, 0.717) is 12.3 Å². The molecule has 1 unspecified atom stereocenters. The molecule has 0 saturated heterocycles. The lowest BCUT2D eigenvalue weighted by atomic mass is 9.77. The Kier molecular flexibility index (Phi) is 5.58. The van der Waals surface area contributed by atoms with Crippen molar-refractivity contribution in [2.45, 2.75) is 46.5 Å². The molecule has 2 rings (SSSR count). The third kappa shape index (κ3) is 3.67. The third-order valence-corrected chi connectivity index (χ3v) is 4.15. The minimum Gasteiger partial charge on any atom is -0.462 e. The zero-order valence-corrected chi connectivity index (χ0v) is 13.6. The number of hydrogen-bond acceptors (Lipinski definition) is 4. The number of carbonyl (C=O) groups is 2. The van der Waals surface area contributed by atoms with Crippen LogP contribution in [0.5, 0.6) is 0 Å². The van der Waals surface area contributed by atoms with Crippen LogP contribution in [0.4, 0.5) is 0 Å². The van der Waals surface area contributed by atoms with Crippen molar-refractivity contribution in [3.63, 3.8) is 0 Å². The molecule has 0 saturated carbocycles. The van der Waals surface area contributed by atoms with E-state index < -0.39 is 11.9 Å². The molecule has 1 atom stereocenters. The van der Waals surface area contributed by atoms with Gasteiger partial charge in [0, 0.05) is 0 Å². The molecule has 0 amide bonds. The lowest BCUT2D eigenvalue weighted by molar-refractivity contribution is -0.146. The Labute approximate surface area is 131 Å². The molecule has 22 heavy (non-hydrogen) atoms. The van der Waals surface area contributed by atoms with Crippen LogP contribution in [0.1, 0.15) is 46.5 Å². The van der Waals surface area contributed by atoms with E-state index in [1.807, 2.05) is 6.08 Å². The third-order valence-electron chi connectivity index (χ3n) is 4.15. The van der Waals surface area contributed by atoms with Crippen LogP contribution in [0.15, 0.2) is 34.4 Å². The highest BCUT2D eigenvalue weighted by molar-refractivity contribution is 6.15. The van der Waals surface area contributed by atoms with Gasteiger partial charge in [-0.1, -0.05) is 17.7 Å². The standard InChI is InChI=1S/C18H24O4/c1-4-21-17(19)16(18(20)22-5-2)14-9-8-13-7-6-12(3)10-15(13)11-14/h10-11,13H,4-9H2,1-3H3. The van der Waals surface area contributed by atoms with E-state index in [1.165, 1.54) is 11.1 Å². The molecule has 0 radical (unpaired) electrons. The average Bonchev–Trinajstić information content (AvgIpc) is 2.47. The minimum atomic E-state index is -0.581. The Hall–Kier alpha value is -1.84. The molecule has 120 valence electrons. The van der Waals surface area contributed by atoms with Gasteiger partial charge in [-0.25, -0.2) is 9.59 Å². The lowest BCUT2D eigenvalue weighted by Gasteiger charge is -2.28. The predicted molar refractivity (Wildman–Crippen MR) is 84.1 cm³/mol. The first-order valence-electron chi connectivity index (χ1n) is 8.03. The molecule has 0 fully saturated rings.